The maximum absolute atomic E-state index is 3.68. The molecule has 0 fully saturated rings. The Balaban J connectivity index is 1.64. The fraction of sp³-hybridized carbons (Fsp3) is 0.294. The van der Waals surface area contributed by atoms with Gasteiger partial charge in [-0.15, -0.1) is 0 Å². The van der Waals surface area contributed by atoms with E-state index in [9.17, 15) is 0 Å². The molecule has 2 aromatic rings. The number of fused-ring (bicyclic) bond motifs is 1. The summed E-state index contributed by atoms with van der Waals surface area (Å²) < 4.78 is 1.20. The Kier molecular flexibility index (Phi) is 3.72. The lowest BCUT2D eigenvalue weighted by atomic mass is 10.1. The van der Waals surface area contributed by atoms with Gasteiger partial charge in [-0.25, -0.2) is 0 Å². The Labute approximate surface area is 123 Å². The van der Waals surface area contributed by atoms with E-state index in [-0.39, 0.29) is 0 Å². The second-order valence-electron chi connectivity index (χ2n) is 5.35. The normalized spacial score (nSPS) is 14.6. The first-order valence-electron chi connectivity index (χ1n) is 6.77. The standard InChI is InChI=1S/C17H18BrN/c1-12-6-7-17(18)15(8-12)11-19-16-9-13-4-2-3-5-14(13)10-16/h2-8,16,19H,9-11H2,1H3. The molecular formula is C17H18BrN. The third-order valence-corrected chi connectivity index (χ3v) is 4.61. The Hall–Kier alpha value is -1.12. The minimum absolute atomic E-state index is 0.574. The zero-order valence-electron chi connectivity index (χ0n) is 11.1. The van der Waals surface area contributed by atoms with Gasteiger partial charge in [0.2, 0.25) is 0 Å². The molecule has 2 heteroatoms. The van der Waals surface area contributed by atoms with E-state index in [2.05, 4.69) is 70.6 Å². The molecule has 1 nitrogen and oxygen atoms in total. The van der Waals surface area contributed by atoms with Gasteiger partial charge in [0.05, 0.1) is 0 Å². The Morgan fingerprint density at radius 1 is 1.11 bits per heavy atom. The van der Waals surface area contributed by atoms with E-state index in [4.69, 9.17) is 0 Å². The predicted molar refractivity (Wildman–Crippen MR) is 83.4 cm³/mol. The molecule has 2 aromatic carbocycles. The summed E-state index contributed by atoms with van der Waals surface area (Å²) in [5, 5.41) is 3.68. The van der Waals surface area contributed by atoms with Gasteiger partial charge in [0.1, 0.15) is 0 Å². The average Bonchev–Trinajstić information content (AvgIpc) is 2.82. The number of rotatable bonds is 3. The van der Waals surface area contributed by atoms with Crippen LogP contribution in [0.4, 0.5) is 0 Å². The number of hydrogen-bond donors (Lipinski definition) is 1. The highest BCUT2D eigenvalue weighted by Gasteiger charge is 2.20. The predicted octanol–water partition coefficient (Wildman–Crippen LogP) is 4.01. The van der Waals surface area contributed by atoms with E-state index in [1.807, 2.05) is 0 Å². The maximum atomic E-state index is 3.68. The van der Waals surface area contributed by atoms with Crippen LogP contribution < -0.4 is 5.32 Å². The molecule has 0 amide bonds. The van der Waals surface area contributed by atoms with Crippen LogP contribution in [0.2, 0.25) is 0 Å². The highest BCUT2D eigenvalue weighted by molar-refractivity contribution is 9.10. The largest absolute Gasteiger partial charge is 0.309 e. The Morgan fingerprint density at radius 3 is 2.47 bits per heavy atom. The third-order valence-electron chi connectivity index (χ3n) is 3.83. The minimum atomic E-state index is 0.574. The van der Waals surface area contributed by atoms with Crippen LogP contribution in [0.25, 0.3) is 0 Å². The van der Waals surface area contributed by atoms with E-state index >= 15 is 0 Å². The maximum Gasteiger partial charge on any atom is 0.0220 e. The number of benzene rings is 2. The minimum Gasteiger partial charge on any atom is -0.309 e. The van der Waals surface area contributed by atoms with Gasteiger partial charge in [0, 0.05) is 17.1 Å². The average molecular weight is 316 g/mol. The van der Waals surface area contributed by atoms with Crippen LogP contribution in [0.15, 0.2) is 46.9 Å². The van der Waals surface area contributed by atoms with Crippen molar-refractivity contribution in [2.45, 2.75) is 32.4 Å². The molecular weight excluding hydrogens is 298 g/mol. The third kappa shape index (κ3) is 2.90. The van der Waals surface area contributed by atoms with Crippen molar-refractivity contribution in [2.75, 3.05) is 0 Å². The summed E-state index contributed by atoms with van der Waals surface area (Å²) in [5.74, 6) is 0. The monoisotopic (exact) mass is 315 g/mol. The molecule has 0 saturated carbocycles. The molecule has 0 bridgehead atoms. The van der Waals surface area contributed by atoms with E-state index in [0.717, 1.165) is 19.4 Å². The van der Waals surface area contributed by atoms with E-state index < -0.39 is 0 Å². The van der Waals surface area contributed by atoms with Gasteiger partial charge >= 0.3 is 0 Å². The van der Waals surface area contributed by atoms with Gasteiger partial charge < -0.3 is 5.32 Å². The molecule has 0 radical (unpaired) electrons. The lowest BCUT2D eigenvalue weighted by Gasteiger charge is -2.13. The summed E-state index contributed by atoms with van der Waals surface area (Å²) >= 11 is 3.63. The van der Waals surface area contributed by atoms with E-state index in [1.165, 1.54) is 26.7 Å². The molecule has 0 saturated heterocycles. The van der Waals surface area contributed by atoms with Crippen molar-refractivity contribution in [3.63, 3.8) is 0 Å². The van der Waals surface area contributed by atoms with Gasteiger partial charge in [-0.05, 0) is 42.5 Å². The summed E-state index contributed by atoms with van der Waals surface area (Å²) in [6.07, 6.45) is 2.30. The number of hydrogen-bond acceptors (Lipinski definition) is 1. The molecule has 0 aliphatic heterocycles. The molecule has 1 aliphatic rings. The molecule has 0 aromatic heterocycles. The molecule has 0 spiro atoms. The lowest BCUT2D eigenvalue weighted by Crippen LogP contribution is -2.29. The van der Waals surface area contributed by atoms with Gasteiger partial charge in [-0.2, -0.15) is 0 Å². The molecule has 3 rings (SSSR count). The van der Waals surface area contributed by atoms with Crippen molar-refractivity contribution in [1.29, 1.82) is 0 Å². The van der Waals surface area contributed by atoms with E-state index in [1.54, 1.807) is 0 Å². The molecule has 1 N–H and O–H groups in total. The first-order chi connectivity index (χ1) is 9.22. The highest BCUT2D eigenvalue weighted by Crippen LogP contribution is 2.23. The second kappa shape index (κ2) is 5.48. The molecule has 0 atom stereocenters. The fourth-order valence-electron chi connectivity index (χ4n) is 2.80. The molecule has 1 aliphatic carbocycles. The first-order valence-corrected chi connectivity index (χ1v) is 7.57. The number of halogens is 1. The van der Waals surface area contributed by atoms with Crippen LogP contribution in [-0.2, 0) is 19.4 Å². The summed E-state index contributed by atoms with van der Waals surface area (Å²) in [6, 6.07) is 15.9. The van der Waals surface area contributed by atoms with Gasteiger partial charge in [-0.1, -0.05) is 57.9 Å². The Morgan fingerprint density at radius 2 is 1.79 bits per heavy atom. The quantitative estimate of drug-likeness (QED) is 0.902. The van der Waals surface area contributed by atoms with Crippen molar-refractivity contribution < 1.29 is 0 Å². The Bertz CT molecular complexity index is 567. The van der Waals surface area contributed by atoms with Gasteiger partial charge in [0.15, 0.2) is 0 Å². The van der Waals surface area contributed by atoms with Crippen molar-refractivity contribution in [1.82, 2.24) is 5.32 Å². The zero-order valence-corrected chi connectivity index (χ0v) is 12.7. The van der Waals surface area contributed by atoms with Crippen molar-refractivity contribution in [3.05, 3.63) is 69.2 Å². The van der Waals surface area contributed by atoms with Gasteiger partial charge in [0.25, 0.3) is 0 Å². The zero-order chi connectivity index (χ0) is 13.2. The van der Waals surface area contributed by atoms with Crippen LogP contribution in [0.3, 0.4) is 0 Å². The second-order valence-corrected chi connectivity index (χ2v) is 6.20. The fourth-order valence-corrected chi connectivity index (χ4v) is 3.18. The van der Waals surface area contributed by atoms with Crippen molar-refractivity contribution >= 4 is 15.9 Å². The highest BCUT2D eigenvalue weighted by atomic mass is 79.9. The first kappa shape index (κ1) is 12.9. The lowest BCUT2D eigenvalue weighted by molar-refractivity contribution is 0.532. The molecule has 0 unspecified atom stereocenters. The van der Waals surface area contributed by atoms with E-state index in [0.29, 0.717) is 6.04 Å². The molecule has 19 heavy (non-hydrogen) atoms. The van der Waals surface area contributed by atoms with Crippen LogP contribution in [0.5, 0.6) is 0 Å². The number of aryl methyl sites for hydroxylation is 1. The summed E-state index contributed by atoms with van der Waals surface area (Å²) in [7, 11) is 0. The van der Waals surface area contributed by atoms with Crippen molar-refractivity contribution in [2.24, 2.45) is 0 Å². The summed E-state index contributed by atoms with van der Waals surface area (Å²) in [4.78, 5) is 0. The van der Waals surface area contributed by atoms with Crippen molar-refractivity contribution in [3.8, 4) is 0 Å². The smallest absolute Gasteiger partial charge is 0.0220 e. The van der Waals surface area contributed by atoms with Crippen LogP contribution >= 0.6 is 15.9 Å². The SMILES string of the molecule is Cc1ccc(Br)c(CNC2Cc3ccccc3C2)c1. The topological polar surface area (TPSA) is 12.0 Å². The molecule has 98 valence electrons. The van der Waals surface area contributed by atoms with Crippen LogP contribution in [-0.4, -0.2) is 6.04 Å². The van der Waals surface area contributed by atoms with Gasteiger partial charge in [-0.3, -0.25) is 0 Å². The molecule has 0 heterocycles. The summed E-state index contributed by atoms with van der Waals surface area (Å²) in [6.45, 7) is 3.07. The number of nitrogens with one attached hydrogen (secondary N) is 1. The van der Waals surface area contributed by atoms with Crippen LogP contribution in [0.1, 0.15) is 22.3 Å². The summed E-state index contributed by atoms with van der Waals surface area (Å²) in [5.41, 5.74) is 5.66. The van der Waals surface area contributed by atoms with Crippen LogP contribution in [0, 0.1) is 6.92 Å².